The summed E-state index contributed by atoms with van der Waals surface area (Å²) in [5.74, 6) is -0.775. The molecule has 2 aromatic rings. The third kappa shape index (κ3) is 1.65. The average molecular weight is 239 g/mol. The van der Waals surface area contributed by atoms with Crippen molar-refractivity contribution in [2.75, 3.05) is 7.11 Å². The molecule has 0 saturated carbocycles. The van der Waals surface area contributed by atoms with Crippen LogP contribution in [0.5, 0.6) is 5.88 Å². The number of hydrogen-bond donors (Lipinski definition) is 1. The van der Waals surface area contributed by atoms with Crippen LogP contribution in [0.1, 0.15) is 10.4 Å². The maximum absolute atomic E-state index is 10.8. The van der Waals surface area contributed by atoms with Crippen molar-refractivity contribution < 1.29 is 14.6 Å². The number of ether oxygens (including phenoxy) is 1. The van der Waals surface area contributed by atoms with Crippen molar-refractivity contribution in [3.63, 3.8) is 0 Å². The summed E-state index contributed by atoms with van der Waals surface area (Å²) in [7, 11) is 1.47. The highest BCUT2D eigenvalue weighted by molar-refractivity contribution is 6.37. The van der Waals surface area contributed by atoms with Crippen LogP contribution in [-0.4, -0.2) is 28.2 Å². The van der Waals surface area contributed by atoms with E-state index in [1.165, 1.54) is 13.3 Å². The lowest BCUT2D eigenvalue weighted by molar-refractivity contribution is 0.0697. The second-order valence-corrected chi connectivity index (χ2v) is 3.39. The molecule has 2 aromatic heterocycles. The van der Waals surface area contributed by atoms with Gasteiger partial charge in [0.2, 0.25) is 5.88 Å². The molecule has 0 unspecified atom stereocenters. The molecule has 0 radical (unpaired) electrons. The first kappa shape index (κ1) is 10.6. The predicted octanol–water partition coefficient (Wildman–Crippen LogP) is 1.99. The lowest BCUT2D eigenvalue weighted by atomic mass is 10.2. The third-order valence-corrected chi connectivity index (χ3v) is 2.45. The molecule has 2 heterocycles. The summed E-state index contributed by atoms with van der Waals surface area (Å²) in [6, 6.07) is 3.30. The summed E-state index contributed by atoms with van der Waals surface area (Å²) in [5, 5.41) is 8.93. The molecular formula is C10H7ClN2O3. The molecule has 0 aromatic carbocycles. The van der Waals surface area contributed by atoms with Crippen molar-refractivity contribution in [3.05, 3.63) is 28.9 Å². The number of aromatic carboxylic acids is 1. The number of rotatable bonds is 2. The van der Waals surface area contributed by atoms with Gasteiger partial charge < -0.3 is 9.84 Å². The van der Waals surface area contributed by atoms with Crippen LogP contribution >= 0.6 is 11.6 Å². The monoisotopic (exact) mass is 238 g/mol. The molecular weight excluding hydrogens is 232 g/mol. The van der Waals surface area contributed by atoms with Gasteiger partial charge in [0.15, 0.2) is 0 Å². The van der Waals surface area contributed by atoms with E-state index in [9.17, 15) is 4.79 Å². The van der Waals surface area contributed by atoms with Crippen LogP contribution in [0.2, 0.25) is 5.02 Å². The second-order valence-electron chi connectivity index (χ2n) is 3.01. The summed E-state index contributed by atoms with van der Waals surface area (Å²) in [6.45, 7) is 0. The van der Waals surface area contributed by atoms with Crippen LogP contribution in [0.4, 0.5) is 0 Å². The zero-order valence-electron chi connectivity index (χ0n) is 8.27. The lowest BCUT2D eigenvalue weighted by Crippen LogP contribution is -2.00. The van der Waals surface area contributed by atoms with E-state index in [1.54, 1.807) is 12.1 Å². The Balaban J connectivity index is 2.75. The van der Waals surface area contributed by atoms with E-state index in [0.29, 0.717) is 16.9 Å². The Morgan fingerprint density at radius 3 is 2.88 bits per heavy atom. The van der Waals surface area contributed by atoms with E-state index in [4.69, 9.17) is 21.4 Å². The molecule has 0 amide bonds. The fourth-order valence-corrected chi connectivity index (χ4v) is 1.55. The molecule has 0 aliphatic carbocycles. The van der Waals surface area contributed by atoms with Gasteiger partial charge in [-0.1, -0.05) is 11.6 Å². The number of carbonyl (C=O) groups is 1. The Morgan fingerprint density at radius 1 is 1.50 bits per heavy atom. The zero-order valence-corrected chi connectivity index (χ0v) is 9.02. The highest BCUT2D eigenvalue weighted by atomic mass is 35.5. The van der Waals surface area contributed by atoms with E-state index < -0.39 is 5.97 Å². The Labute approximate surface area is 95.7 Å². The number of carboxylic acids is 1. The molecule has 0 saturated heterocycles. The van der Waals surface area contributed by atoms with Crippen LogP contribution in [0, 0.1) is 0 Å². The average Bonchev–Trinajstić information content (AvgIpc) is 2.28. The van der Waals surface area contributed by atoms with Gasteiger partial charge in [-0.2, -0.15) is 0 Å². The van der Waals surface area contributed by atoms with Gasteiger partial charge >= 0.3 is 5.97 Å². The summed E-state index contributed by atoms with van der Waals surface area (Å²) in [5.41, 5.74) is 0.770. The molecule has 0 spiro atoms. The minimum absolute atomic E-state index is 0.0661. The van der Waals surface area contributed by atoms with Gasteiger partial charge in [0.1, 0.15) is 5.52 Å². The highest BCUT2D eigenvalue weighted by Gasteiger charge is 2.14. The largest absolute Gasteiger partial charge is 0.481 e. The Morgan fingerprint density at radius 2 is 2.25 bits per heavy atom. The molecule has 0 atom stereocenters. The lowest BCUT2D eigenvalue weighted by Gasteiger charge is -2.04. The van der Waals surface area contributed by atoms with Crippen molar-refractivity contribution in [1.82, 2.24) is 9.97 Å². The molecule has 0 aliphatic rings. The molecule has 82 valence electrons. The Hall–Kier alpha value is -1.88. The zero-order chi connectivity index (χ0) is 11.7. The van der Waals surface area contributed by atoms with E-state index in [0.717, 1.165) is 0 Å². The number of pyridine rings is 2. The number of methoxy groups -OCH3 is 1. The second kappa shape index (κ2) is 3.94. The van der Waals surface area contributed by atoms with Gasteiger partial charge in [-0.05, 0) is 6.07 Å². The maximum Gasteiger partial charge on any atom is 0.338 e. The SMILES string of the molecule is COc1ccc2ncc(C(=O)O)c(Cl)c2n1. The molecule has 1 N–H and O–H groups in total. The number of carboxylic acid groups (broad SMARTS) is 1. The van der Waals surface area contributed by atoms with Crippen LogP contribution in [0.15, 0.2) is 18.3 Å². The van der Waals surface area contributed by atoms with E-state index in [-0.39, 0.29) is 10.6 Å². The quantitative estimate of drug-likeness (QED) is 0.866. The molecule has 16 heavy (non-hydrogen) atoms. The fraction of sp³-hybridized carbons (Fsp3) is 0.100. The van der Waals surface area contributed by atoms with Crippen LogP contribution < -0.4 is 4.74 Å². The van der Waals surface area contributed by atoms with E-state index in [2.05, 4.69) is 9.97 Å². The van der Waals surface area contributed by atoms with Crippen molar-refractivity contribution in [3.8, 4) is 5.88 Å². The molecule has 6 heteroatoms. The van der Waals surface area contributed by atoms with Gasteiger partial charge in [0.25, 0.3) is 0 Å². The standard InChI is InChI=1S/C10H7ClN2O3/c1-16-7-3-2-6-9(13-7)8(11)5(4-12-6)10(14)15/h2-4H,1H3,(H,14,15). The summed E-state index contributed by atoms with van der Waals surface area (Å²) < 4.78 is 4.93. The van der Waals surface area contributed by atoms with E-state index in [1.807, 2.05) is 0 Å². The Bertz CT molecular complexity index is 571. The van der Waals surface area contributed by atoms with Crippen LogP contribution in [0.25, 0.3) is 11.0 Å². The normalized spacial score (nSPS) is 10.4. The topological polar surface area (TPSA) is 72.3 Å². The van der Waals surface area contributed by atoms with Gasteiger partial charge in [0.05, 0.1) is 23.2 Å². The summed E-state index contributed by atoms with van der Waals surface area (Å²) >= 11 is 5.93. The van der Waals surface area contributed by atoms with Crippen LogP contribution in [0.3, 0.4) is 0 Å². The molecule has 2 rings (SSSR count). The van der Waals surface area contributed by atoms with Crippen molar-refractivity contribution in [2.45, 2.75) is 0 Å². The molecule has 0 fully saturated rings. The van der Waals surface area contributed by atoms with Crippen molar-refractivity contribution in [2.24, 2.45) is 0 Å². The smallest absolute Gasteiger partial charge is 0.338 e. The number of aromatic nitrogens is 2. The van der Waals surface area contributed by atoms with Crippen LogP contribution in [-0.2, 0) is 0 Å². The van der Waals surface area contributed by atoms with E-state index >= 15 is 0 Å². The number of nitrogens with zero attached hydrogens (tertiary/aromatic N) is 2. The molecule has 5 nitrogen and oxygen atoms in total. The van der Waals surface area contributed by atoms with Crippen molar-refractivity contribution >= 4 is 28.6 Å². The molecule has 0 aliphatic heterocycles. The minimum atomic E-state index is -1.14. The number of fused-ring (bicyclic) bond motifs is 1. The van der Waals surface area contributed by atoms with Gasteiger partial charge in [-0.3, -0.25) is 4.98 Å². The minimum Gasteiger partial charge on any atom is -0.481 e. The van der Waals surface area contributed by atoms with Gasteiger partial charge in [0, 0.05) is 12.3 Å². The number of halogens is 1. The summed E-state index contributed by atoms with van der Waals surface area (Å²) in [6.07, 6.45) is 1.21. The first-order valence-corrected chi connectivity index (χ1v) is 4.74. The van der Waals surface area contributed by atoms with Gasteiger partial charge in [-0.25, -0.2) is 9.78 Å². The maximum atomic E-state index is 10.8. The van der Waals surface area contributed by atoms with Gasteiger partial charge in [-0.15, -0.1) is 0 Å². The first-order chi connectivity index (χ1) is 7.63. The first-order valence-electron chi connectivity index (χ1n) is 4.36. The number of hydrogen-bond acceptors (Lipinski definition) is 4. The highest BCUT2D eigenvalue weighted by Crippen LogP contribution is 2.25. The summed E-state index contributed by atoms with van der Waals surface area (Å²) in [4.78, 5) is 18.8. The third-order valence-electron chi connectivity index (χ3n) is 2.07. The fourth-order valence-electron chi connectivity index (χ4n) is 1.28. The predicted molar refractivity (Wildman–Crippen MR) is 58.1 cm³/mol. The Kier molecular flexibility index (Phi) is 2.62. The van der Waals surface area contributed by atoms with Crippen molar-refractivity contribution in [1.29, 1.82) is 0 Å². The molecule has 0 bridgehead atoms.